The van der Waals surface area contributed by atoms with Crippen LogP contribution in [0.4, 0.5) is 5.69 Å². The first-order chi connectivity index (χ1) is 13.6. The van der Waals surface area contributed by atoms with E-state index in [9.17, 15) is 4.79 Å². The Morgan fingerprint density at radius 3 is 2.64 bits per heavy atom. The molecule has 0 aliphatic carbocycles. The molecule has 0 unspecified atom stereocenters. The number of para-hydroxylation sites is 2. The van der Waals surface area contributed by atoms with Gasteiger partial charge in [-0.05, 0) is 53.1 Å². The number of thioether (sulfide) groups is 1. The number of aromatic nitrogens is 4. The molecule has 0 aliphatic rings. The first-order valence-electron chi connectivity index (χ1n) is 9.11. The van der Waals surface area contributed by atoms with Gasteiger partial charge in [-0.1, -0.05) is 49.9 Å². The van der Waals surface area contributed by atoms with Crippen LogP contribution in [0, 0.1) is 0 Å². The molecule has 1 aromatic heterocycles. The number of amides is 1. The van der Waals surface area contributed by atoms with Crippen LogP contribution in [-0.2, 0) is 4.79 Å². The molecule has 3 rings (SSSR count). The van der Waals surface area contributed by atoms with Crippen LogP contribution in [0.25, 0.3) is 5.69 Å². The minimum Gasteiger partial charge on any atom is -0.492 e. The first kappa shape index (κ1) is 19.9. The third-order valence-electron chi connectivity index (χ3n) is 4.03. The number of rotatable bonds is 8. The monoisotopic (exact) mass is 397 g/mol. The van der Waals surface area contributed by atoms with Crippen molar-refractivity contribution < 1.29 is 9.53 Å². The van der Waals surface area contributed by atoms with Gasteiger partial charge in [0.15, 0.2) is 0 Å². The summed E-state index contributed by atoms with van der Waals surface area (Å²) in [4.78, 5) is 12.3. The zero-order valence-corrected chi connectivity index (χ0v) is 16.9. The Morgan fingerprint density at radius 1 is 1.18 bits per heavy atom. The van der Waals surface area contributed by atoms with Crippen LogP contribution in [0.5, 0.6) is 5.75 Å². The smallest absolute Gasteiger partial charge is 0.234 e. The SMILES string of the molecule is CCOc1ccccc1-n1nnnc1SCC(=O)Nc1ccc(C(C)C)cc1. The molecule has 7 nitrogen and oxygen atoms in total. The fourth-order valence-corrected chi connectivity index (χ4v) is 3.29. The molecule has 0 bridgehead atoms. The number of hydrogen-bond acceptors (Lipinski definition) is 6. The molecule has 0 atom stereocenters. The van der Waals surface area contributed by atoms with Gasteiger partial charge in [0.2, 0.25) is 11.1 Å². The van der Waals surface area contributed by atoms with Crippen LogP contribution < -0.4 is 10.1 Å². The summed E-state index contributed by atoms with van der Waals surface area (Å²) < 4.78 is 7.23. The van der Waals surface area contributed by atoms with E-state index in [0.717, 1.165) is 11.4 Å². The van der Waals surface area contributed by atoms with Crippen molar-refractivity contribution in [1.29, 1.82) is 0 Å². The molecular formula is C20H23N5O2S. The van der Waals surface area contributed by atoms with Gasteiger partial charge in [0, 0.05) is 5.69 Å². The van der Waals surface area contributed by atoms with Crippen molar-refractivity contribution in [3.8, 4) is 11.4 Å². The number of nitrogens with one attached hydrogen (secondary N) is 1. The lowest BCUT2D eigenvalue weighted by Gasteiger charge is -2.10. The van der Waals surface area contributed by atoms with E-state index in [0.29, 0.717) is 23.4 Å². The lowest BCUT2D eigenvalue weighted by Crippen LogP contribution is -2.14. The maximum absolute atomic E-state index is 12.3. The summed E-state index contributed by atoms with van der Waals surface area (Å²) >= 11 is 1.27. The van der Waals surface area contributed by atoms with Crippen molar-refractivity contribution in [2.45, 2.75) is 31.8 Å². The number of ether oxygens (including phenoxy) is 1. The standard InChI is InChI=1S/C20H23N5O2S/c1-4-27-18-8-6-5-7-17(18)25-20(22-23-24-25)28-13-19(26)21-16-11-9-15(10-12-16)14(2)3/h5-12,14H,4,13H2,1-3H3,(H,21,26). The Balaban J connectivity index is 1.64. The maximum atomic E-state index is 12.3. The Hall–Kier alpha value is -2.87. The molecule has 146 valence electrons. The second-order valence-corrected chi connectivity index (χ2v) is 7.33. The molecule has 3 aromatic rings. The second-order valence-electron chi connectivity index (χ2n) is 6.39. The summed E-state index contributed by atoms with van der Waals surface area (Å²) in [5, 5.41) is 15.2. The summed E-state index contributed by atoms with van der Waals surface area (Å²) in [6, 6.07) is 15.4. The lowest BCUT2D eigenvalue weighted by molar-refractivity contribution is -0.113. The average Bonchev–Trinajstić information content (AvgIpc) is 3.16. The van der Waals surface area contributed by atoms with E-state index in [1.165, 1.54) is 17.3 Å². The van der Waals surface area contributed by atoms with E-state index in [1.54, 1.807) is 4.68 Å². The van der Waals surface area contributed by atoms with Crippen LogP contribution >= 0.6 is 11.8 Å². The summed E-state index contributed by atoms with van der Waals surface area (Å²) in [6.45, 7) is 6.74. The molecule has 1 heterocycles. The van der Waals surface area contributed by atoms with Crippen molar-refractivity contribution >= 4 is 23.4 Å². The fraction of sp³-hybridized carbons (Fsp3) is 0.300. The third-order valence-corrected chi connectivity index (χ3v) is 4.95. The van der Waals surface area contributed by atoms with Gasteiger partial charge in [0.1, 0.15) is 11.4 Å². The van der Waals surface area contributed by atoms with E-state index in [2.05, 4.69) is 34.7 Å². The van der Waals surface area contributed by atoms with Gasteiger partial charge in [0.25, 0.3) is 0 Å². The topological polar surface area (TPSA) is 81.9 Å². The molecule has 2 aromatic carbocycles. The highest BCUT2D eigenvalue weighted by Gasteiger charge is 2.15. The van der Waals surface area contributed by atoms with E-state index >= 15 is 0 Å². The molecule has 0 fully saturated rings. The number of anilines is 1. The quantitative estimate of drug-likeness (QED) is 0.580. The van der Waals surface area contributed by atoms with Crippen molar-refractivity contribution in [1.82, 2.24) is 20.2 Å². The highest BCUT2D eigenvalue weighted by atomic mass is 32.2. The summed E-state index contributed by atoms with van der Waals surface area (Å²) in [5.74, 6) is 1.23. The minimum absolute atomic E-state index is 0.116. The van der Waals surface area contributed by atoms with Crippen molar-refractivity contribution in [3.05, 3.63) is 54.1 Å². The number of nitrogens with zero attached hydrogens (tertiary/aromatic N) is 4. The number of carbonyl (C=O) groups is 1. The summed E-state index contributed by atoms with van der Waals surface area (Å²) in [6.07, 6.45) is 0. The molecule has 0 spiro atoms. The molecule has 0 saturated carbocycles. The van der Waals surface area contributed by atoms with Crippen molar-refractivity contribution in [2.24, 2.45) is 0 Å². The minimum atomic E-state index is -0.116. The fourth-order valence-electron chi connectivity index (χ4n) is 2.61. The normalized spacial score (nSPS) is 10.9. The predicted molar refractivity (Wildman–Crippen MR) is 110 cm³/mol. The summed E-state index contributed by atoms with van der Waals surface area (Å²) in [5.41, 5.74) is 2.75. The Morgan fingerprint density at radius 2 is 1.93 bits per heavy atom. The molecule has 0 saturated heterocycles. The second kappa shape index (κ2) is 9.36. The van der Waals surface area contributed by atoms with Gasteiger partial charge in [-0.2, -0.15) is 4.68 Å². The molecule has 1 N–H and O–H groups in total. The molecule has 0 aliphatic heterocycles. The Bertz CT molecular complexity index is 924. The number of tetrazole rings is 1. The van der Waals surface area contributed by atoms with E-state index in [1.807, 2.05) is 55.5 Å². The third kappa shape index (κ3) is 4.89. The van der Waals surface area contributed by atoms with Crippen LogP contribution in [0.1, 0.15) is 32.3 Å². The summed E-state index contributed by atoms with van der Waals surface area (Å²) in [7, 11) is 0. The van der Waals surface area contributed by atoms with Gasteiger partial charge < -0.3 is 10.1 Å². The Kier molecular flexibility index (Phi) is 6.65. The number of hydrogen-bond donors (Lipinski definition) is 1. The Labute approximate surface area is 168 Å². The first-order valence-corrected chi connectivity index (χ1v) is 10.1. The molecule has 8 heteroatoms. The highest BCUT2D eigenvalue weighted by molar-refractivity contribution is 7.99. The van der Waals surface area contributed by atoms with Crippen LogP contribution in [0.2, 0.25) is 0 Å². The molecule has 28 heavy (non-hydrogen) atoms. The van der Waals surface area contributed by atoms with Crippen LogP contribution in [0.3, 0.4) is 0 Å². The number of benzene rings is 2. The largest absolute Gasteiger partial charge is 0.492 e. The predicted octanol–water partition coefficient (Wildman–Crippen LogP) is 3.92. The van der Waals surface area contributed by atoms with Gasteiger partial charge in [-0.25, -0.2) is 0 Å². The van der Waals surface area contributed by atoms with E-state index in [-0.39, 0.29) is 11.7 Å². The highest BCUT2D eigenvalue weighted by Crippen LogP contribution is 2.26. The molecular weight excluding hydrogens is 374 g/mol. The van der Waals surface area contributed by atoms with Gasteiger partial charge >= 0.3 is 0 Å². The van der Waals surface area contributed by atoms with E-state index < -0.39 is 0 Å². The zero-order valence-electron chi connectivity index (χ0n) is 16.1. The van der Waals surface area contributed by atoms with Crippen molar-refractivity contribution in [3.63, 3.8) is 0 Å². The maximum Gasteiger partial charge on any atom is 0.234 e. The number of carbonyl (C=O) groups excluding carboxylic acids is 1. The van der Waals surface area contributed by atoms with E-state index in [4.69, 9.17) is 4.74 Å². The van der Waals surface area contributed by atoms with Crippen molar-refractivity contribution in [2.75, 3.05) is 17.7 Å². The van der Waals surface area contributed by atoms with Crippen LogP contribution in [0.15, 0.2) is 53.7 Å². The average molecular weight is 398 g/mol. The molecule has 1 amide bonds. The van der Waals surface area contributed by atoms with Gasteiger partial charge in [-0.3, -0.25) is 4.79 Å². The molecule has 0 radical (unpaired) electrons. The lowest BCUT2D eigenvalue weighted by atomic mass is 10.0. The van der Waals surface area contributed by atoms with Crippen LogP contribution in [-0.4, -0.2) is 38.5 Å². The van der Waals surface area contributed by atoms with Gasteiger partial charge in [-0.15, -0.1) is 5.10 Å². The van der Waals surface area contributed by atoms with Gasteiger partial charge in [0.05, 0.1) is 12.4 Å². The zero-order chi connectivity index (χ0) is 19.9.